The first-order valence-corrected chi connectivity index (χ1v) is 11.2. The first kappa shape index (κ1) is 21.0. The minimum atomic E-state index is -3.75. The second-order valence-corrected chi connectivity index (χ2v) is 10.8. The summed E-state index contributed by atoms with van der Waals surface area (Å²) in [5.41, 5.74) is 0. The van der Waals surface area contributed by atoms with Crippen LogP contribution in [-0.2, 0) is 31.3 Å². The highest BCUT2D eigenvalue weighted by Crippen LogP contribution is 2.25. The zero-order chi connectivity index (χ0) is 18.5. The molecule has 1 heterocycles. The van der Waals surface area contributed by atoms with Gasteiger partial charge in [-0.2, -0.15) is 4.31 Å². The van der Waals surface area contributed by atoms with Crippen LogP contribution in [0.25, 0.3) is 0 Å². The molecule has 1 atom stereocenters. The lowest BCUT2D eigenvalue weighted by atomic mass is 10.2. The van der Waals surface area contributed by atoms with Gasteiger partial charge in [0.2, 0.25) is 10.0 Å². The predicted octanol–water partition coefficient (Wildman–Crippen LogP) is 0.571. The van der Waals surface area contributed by atoms with Crippen LogP contribution < -0.4 is 4.72 Å². The molecule has 11 heteroatoms. The summed E-state index contributed by atoms with van der Waals surface area (Å²) in [6, 6.07) is 3.08. The average molecular weight is 399 g/mol. The first-order valence-electron chi connectivity index (χ1n) is 7.24. The van der Waals surface area contributed by atoms with E-state index < -0.39 is 31.9 Å². The molecule has 0 aliphatic carbocycles. The van der Waals surface area contributed by atoms with Gasteiger partial charge < -0.3 is 5.11 Å². The van der Waals surface area contributed by atoms with Gasteiger partial charge in [0, 0.05) is 25.0 Å². The fourth-order valence-corrected chi connectivity index (χ4v) is 5.22. The molecule has 1 aromatic rings. The molecule has 0 saturated carbocycles. The number of carboxylic acids is 1. The maximum atomic E-state index is 12.4. The van der Waals surface area contributed by atoms with Crippen LogP contribution >= 0.6 is 11.3 Å². The number of nitrogens with one attached hydrogen (secondary N) is 1. The Balaban J connectivity index is 2.74. The lowest BCUT2D eigenvalue weighted by Gasteiger charge is -2.18. The van der Waals surface area contributed by atoms with E-state index in [4.69, 9.17) is 5.11 Å². The lowest BCUT2D eigenvalue weighted by Crippen LogP contribution is -2.33. The smallest absolute Gasteiger partial charge is 0.307 e. The fraction of sp³-hybridized carbons (Fsp3) is 0.615. The highest BCUT2D eigenvalue weighted by atomic mass is 32.2. The van der Waals surface area contributed by atoms with Gasteiger partial charge in [0.1, 0.15) is 4.21 Å². The lowest BCUT2D eigenvalue weighted by molar-refractivity contribution is -0.141. The summed E-state index contributed by atoms with van der Waals surface area (Å²) in [6.45, 7) is 3.05. The van der Waals surface area contributed by atoms with E-state index in [0.29, 0.717) is 6.42 Å². The number of hydrogen-bond donors (Lipinski definition) is 2. The van der Waals surface area contributed by atoms with Crippen LogP contribution in [0.4, 0.5) is 0 Å². The standard InChI is InChI=1S/C13H22N2O6S3/c1-4-23(18,19)14-8-7-11-5-6-12(22-11)24(20,21)15(3)9-10(2)13(16)17/h5-6,10,14H,4,7-9H2,1-3H3,(H,16,17). The molecule has 0 saturated heterocycles. The van der Waals surface area contributed by atoms with Gasteiger partial charge in [-0.1, -0.05) is 6.92 Å². The Morgan fingerprint density at radius 2 is 1.96 bits per heavy atom. The summed E-state index contributed by atoms with van der Waals surface area (Å²) < 4.78 is 51.1. The number of rotatable bonds is 10. The van der Waals surface area contributed by atoms with Gasteiger partial charge >= 0.3 is 5.97 Å². The van der Waals surface area contributed by atoms with Crippen molar-refractivity contribution in [2.24, 2.45) is 5.92 Å². The first-order chi connectivity index (χ1) is 11.0. The molecule has 0 fully saturated rings. The van der Waals surface area contributed by atoms with E-state index in [2.05, 4.69) is 4.72 Å². The van der Waals surface area contributed by atoms with Crippen molar-refractivity contribution in [2.45, 2.75) is 24.5 Å². The number of hydrogen-bond acceptors (Lipinski definition) is 6. The molecule has 0 amide bonds. The Morgan fingerprint density at radius 1 is 1.33 bits per heavy atom. The van der Waals surface area contributed by atoms with Crippen LogP contribution in [0, 0.1) is 5.92 Å². The summed E-state index contributed by atoms with van der Waals surface area (Å²) in [7, 11) is -5.69. The van der Waals surface area contributed by atoms with Gasteiger partial charge in [-0.05, 0) is 25.5 Å². The van der Waals surface area contributed by atoms with Gasteiger partial charge in [-0.15, -0.1) is 11.3 Å². The van der Waals surface area contributed by atoms with Crippen LogP contribution in [0.2, 0.25) is 0 Å². The summed E-state index contributed by atoms with van der Waals surface area (Å²) in [6.07, 6.45) is 0.384. The van der Waals surface area contributed by atoms with Crippen LogP contribution in [0.1, 0.15) is 18.7 Å². The number of sulfonamides is 2. The largest absolute Gasteiger partial charge is 0.481 e. The van der Waals surface area contributed by atoms with Gasteiger partial charge in [-0.25, -0.2) is 21.6 Å². The SMILES string of the molecule is CCS(=O)(=O)NCCc1ccc(S(=O)(=O)N(C)CC(C)C(=O)O)s1. The van der Waals surface area contributed by atoms with Crippen molar-refractivity contribution in [3.8, 4) is 0 Å². The summed E-state index contributed by atoms with van der Waals surface area (Å²) in [5, 5.41) is 8.88. The van der Waals surface area contributed by atoms with Crippen molar-refractivity contribution in [1.82, 2.24) is 9.03 Å². The number of thiophene rings is 1. The van der Waals surface area contributed by atoms with Crippen molar-refractivity contribution in [3.05, 3.63) is 17.0 Å². The maximum absolute atomic E-state index is 12.4. The van der Waals surface area contributed by atoms with Gasteiger partial charge in [0.15, 0.2) is 0 Å². The minimum absolute atomic E-state index is 0.0103. The molecule has 8 nitrogen and oxygen atoms in total. The molecular formula is C13H22N2O6S3. The second-order valence-electron chi connectivity index (χ2n) is 5.29. The third-order valence-corrected chi connectivity index (χ3v) is 8.17. The third-order valence-electron chi connectivity index (χ3n) is 3.33. The van der Waals surface area contributed by atoms with Crippen molar-refractivity contribution >= 4 is 37.4 Å². The Labute approximate surface area is 146 Å². The highest BCUT2D eigenvalue weighted by Gasteiger charge is 2.26. The van der Waals surface area contributed by atoms with Crippen molar-refractivity contribution in [2.75, 3.05) is 25.9 Å². The quantitative estimate of drug-likeness (QED) is 0.594. The average Bonchev–Trinajstić information content (AvgIpc) is 2.96. The zero-order valence-corrected chi connectivity index (χ0v) is 16.2. The van der Waals surface area contributed by atoms with E-state index in [1.807, 2.05) is 0 Å². The van der Waals surface area contributed by atoms with E-state index in [1.165, 1.54) is 27.0 Å². The molecular weight excluding hydrogens is 376 g/mol. The Morgan fingerprint density at radius 3 is 2.50 bits per heavy atom. The summed E-state index contributed by atoms with van der Waals surface area (Å²) in [4.78, 5) is 11.6. The maximum Gasteiger partial charge on any atom is 0.307 e. The molecule has 1 rings (SSSR count). The molecule has 0 radical (unpaired) electrons. The number of carboxylic acid groups (broad SMARTS) is 1. The summed E-state index contributed by atoms with van der Waals surface area (Å²) in [5.74, 6) is -1.89. The van der Waals surface area contributed by atoms with E-state index in [1.54, 1.807) is 6.07 Å². The minimum Gasteiger partial charge on any atom is -0.481 e. The van der Waals surface area contributed by atoms with Crippen molar-refractivity contribution in [1.29, 1.82) is 0 Å². The monoisotopic (exact) mass is 398 g/mol. The number of aliphatic carboxylic acids is 1. The van der Waals surface area contributed by atoms with Crippen molar-refractivity contribution in [3.63, 3.8) is 0 Å². The Kier molecular flexibility index (Phi) is 7.35. The van der Waals surface area contributed by atoms with Gasteiger partial charge in [0.25, 0.3) is 10.0 Å². The number of carbonyl (C=O) groups is 1. The van der Waals surface area contributed by atoms with Crippen LogP contribution in [0.5, 0.6) is 0 Å². The molecule has 0 aliphatic rings. The Hall–Kier alpha value is -1.01. The molecule has 0 aliphatic heterocycles. The summed E-state index contributed by atoms with van der Waals surface area (Å²) >= 11 is 1.05. The second kappa shape index (κ2) is 8.39. The molecule has 24 heavy (non-hydrogen) atoms. The van der Waals surface area contributed by atoms with Gasteiger partial charge in [-0.3, -0.25) is 4.79 Å². The topological polar surface area (TPSA) is 121 Å². The van der Waals surface area contributed by atoms with Crippen LogP contribution in [0.15, 0.2) is 16.3 Å². The van der Waals surface area contributed by atoms with Gasteiger partial charge in [0.05, 0.1) is 11.7 Å². The van der Waals surface area contributed by atoms with Crippen LogP contribution in [0.3, 0.4) is 0 Å². The third kappa shape index (κ3) is 5.81. The molecule has 138 valence electrons. The molecule has 1 unspecified atom stereocenters. The molecule has 2 N–H and O–H groups in total. The normalized spacial score (nSPS) is 14.0. The van der Waals surface area contributed by atoms with E-state index in [-0.39, 0.29) is 23.1 Å². The molecule has 0 spiro atoms. The van der Waals surface area contributed by atoms with E-state index in [0.717, 1.165) is 20.5 Å². The van der Waals surface area contributed by atoms with E-state index >= 15 is 0 Å². The molecule has 0 bridgehead atoms. The number of nitrogens with zero attached hydrogens (tertiary/aromatic N) is 1. The highest BCUT2D eigenvalue weighted by molar-refractivity contribution is 7.91. The molecule has 0 aromatic carbocycles. The van der Waals surface area contributed by atoms with E-state index in [9.17, 15) is 21.6 Å². The zero-order valence-electron chi connectivity index (χ0n) is 13.7. The fourth-order valence-electron chi connectivity index (χ4n) is 1.78. The molecule has 1 aromatic heterocycles. The predicted molar refractivity (Wildman–Crippen MR) is 92.1 cm³/mol. The van der Waals surface area contributed by atoms with Crippen molar-refractivity contribution < 1.29 is 26.7 Å². The Bertz CT molecular complexity index is 769. The van der Waals surface area contributed by atoms with Crippen LogP contribution in [-0.4, -0.2) is 58.1 Å².